The minimum atomic E-state index is -0.742. The van der Waals surface area contributed by atoms with Crippen LogP contribution < -0.4 is 0 Å². The van der Waals surface area contributed by atoms with Gasteiger partial charge in [-0.3, -0.25) is 14.4 Å². The standard InChI is InChI=1S/C8H6O4/c1-12-8-4-7(11)5(9)2-3-6(8)10/h2-4H,1H3. The van der Waals surface area contributed by atoms with Gasteiger partial charge in [-0.1, -0.05) is 0 Å². The van der Waals surface area contributed by atoms with Crippen LogP contribution >= 0.6 is 0 Å². The second-order valence-electron chi connectivity index (χ2n) is 2.14. The third kappa shape index (κ3) is 1.47. The molecule has 0 unspecified atom stereocenters. The van der Waals surface area contributed by atoms with Gasteiger partial charge < -0.3 is 4.74 Å². The number of allylic oxidation sites excluding steroid dienone is 3. The normalized spacial score (nSPS) is 17.4. The molecule has 0 heterocycles. The van der Waals surface area contributed by atoms with Crippen LogP contribution in [0.5, 0.6) is 0 Å². The number of hydrogen-bond donors (Lipinski definition) is 0. The minimum absolute atomic E-state index is 0.109. The number of hydrogen-bond acceptors (Lipinski definition) is 4. The summed E-state index contributed by atoms with van der Waals surface area (Å²) in [6, 6.07) is 0. The quantitative estimate of drug-likeness (QED) is 0.506. The van der Waals surface area contributed by atoms with Crippen LogP contribution in [0.2, 0.25) is 0 Å². The second-order valence-corrected chi connectivity index (χ2v) is 2.14. The highest BCUT2D eigenvalue weighted by atomic mass is 16.5. The molecule has 0 aromatic rings. The van der Waals surface area contributed by atoms with Crippen molar-refractivity contribution in [2.75, 3.05) is 7.11 Å². The molecule has 12 heavy (non-hydrogen) atoms. The molecule has 0 radical (unpaired) electrons. The molecule has 0 saturated heterocycles. The molecule has 0 spiro atoms. The Balaban J connectivity index is 3.09. The topological polar surface area (TPSA) is 60.4 Å². The maximum absolute atomic E-state index is 11.0. The largest absolute Gasteiger partial charge is 0.493 e. The molecule has 0 bridgehead atoms. The molecule has 4 heteroatoms. The SMILES string of the molecule is COC1=CC(=O)C(=O)C=CC1=O. The van der Waals surface area contributed by atoms with Crippen molar-refractivity contribution in [3.8, 4) is 0 Å². The molecular weight excluding hydrogens is 160 g/mol. The van der Waals surface area contributed by atoms with E-state index in [1.54, 1.807) is 0 Å². The van der Waals surface area contributed by atoms with Crippen LogP contribution in [-0.4, -0.2) is 24.5 Å². The summed E-state index contributed by atoms with van der Waals surface area (Å²) < 4.78 is 4.59. The van der Waals surface area contributed by atoms with Gasteiger partial charge in [0.05, 0.1) is 7.11 Å². The summed E-state index contributed by atoms with van der Waals surface area (Å²) in [5, 5.41) is 0. The van der Waals surface area contributed by atoms with Crippen LogP contribution in [0.4, 0.5) is 0 Å². The number of ketones is 3. The summed E-state index contributed by atoms with van der Waals surface area (Å²) in [5.41, 5.74) is 0. The van der Waals surface area contributed by atoms with Crippen molar-refractivity contribution < 1.29 is 19.1 Å². The van der Waals surface area contributed by atoms with E-state index < -0.39 is 17.3 Å². The lowest BCUT2D eigenvalue weighted by Crippen LogP contribution is -2.07. The Labute approximate surface area is 68.5 Å². The molecule has 0 aromatic carbocycles. The van der Waals surface area contributed by atoms with Gasteiger partial charge in [-0.25, -0.2) is 0 Å². The van der Waals surface area contributed by atoms with E-state index in [0.717, 1.165) is 18.2 Å². The Bertz CT molecular complexity index is 309. The Morgan fingerprint density at radius 3 is 2.17 bits per heavy atom. The fraction of sp³-hybridized carbons (Fsp3) is 0.125. The molecule has 1 rings (SSSR count). The van der Waals surface area contributed by atoms with E-state index in [9.17, 15) is 14.4 Å². The second kappa shape index (κ2) is 3.13. The molecular formula is C8H6O4. The Morgan fingerprint density at radius 1 is 1.00 bits per heavy atom. The van der Waals surface area contributed by atoms with Gasteiger partial charge in [-0.05, 0) is 12.2 Å². The number of carbonyl (C=O) groups excluding carboxylic acids is 3. The number of rotatable bonds is 1. The number of methoxy groups -OCH3 is 1. The van der Waals surface area contributed by atoms with Gasteiger partial charge in [0, 0.05) is 6.08 Å². The summed E-state index contributed by atoms with van der Waals surface area (Å²) in [6.45, 7) is 0. The van der Waals surface area contributed by atoms with E-state index in [1.165, 1.54) is 7.11 Å². The van der Waals surface area contributed by atoms with E-state index in [1.807, 2.05) is 0 Å². The van der Waals surface area contributed by atoms with Crippen LogP contribution in [0.1, 0.15) is 0 Å². The monoisotopic (exact) mass is 166 g/mol. The van der Waals surface area contributed by atoms with Crippen molar-refractivity contribution in [2.24, 2.45) is 0 Å². The fourth-order valence-corrected chi connectivity index (χ4v) is 0.736. The van der Waals surface area contributed by atoms with Crippen molar-refractivity contribution >= 4 is 17.3 Å². The maximum atomic E-state index is 11.0. The third-order valence-electron chi connectivity index (χ3n) is 1.35. The van der Waals surface area contributed by atoms with Crippen LogP contribution in [0, 0.1) is 0 Å². The van der Waals surface area contributed by atoms with Crippen molar-refractivity contribution in [1.29, 1.82) is 0 Å². The van der Waals surface area contributed by atoms with E-state index in [2.05, 4.69) is 4.74 Å². The van der Waals surface area contributed by atoms with Gasteiger partial charge in [0.1, 0.15) is 0 Å². The van der Waals surface area contributed by atoms with Crippen LogP contribution in [0.15, 0.2) is 24.0 Å². The molecule has 0 fully saturated rings. The Kier molecular flexibility index (Phi) is 2.19. The highest BCUT2D eigenvalue weighted by Gasteiger charge is 2.17. The van der Waals surface area contributed by atoms with Crippen molar-refractivity contribution in [3.63, 3.8) is 0 Å². The molecule has 0 N–H and O–H groups in total. The first kappa shape index (κ1) is 8.39. The van der Waals surface area contributed by atoms with Gasteiger partial charge in [-0.2, -0.15) is 0 Å². The van der Waals surface area contributed by atoms with Crippen LogP contribution in [0.3, 0.4) is 0 Å². The number of ether oxygens (including phenoxy) is 1. The Hall–Kier alpha value is -1.71. The molecule has 1 aliphatic carbocycles. The summed E-state index contributed by atoms with van der Waals surface area (Å²) in [4.78, 5) is 32.5. The van der Waals surface area contributed by atoms with E-state index in [0.29, 0.717) is 0 Å². The zero-order chi connectivity index (χ0) is 9.14. The number of carbonyl (C=O) groups is 3. The lowest BCUT2D eigenvalue weighted by molar-refractivity contribution is -0.131. The zero-order valence-corrected chi connectivity index (χ0v) is 6.37. The van der Waals surface area contributed by atoms with Gasteiger partial charge in [0.25, 0.3) is 0 Å². The summed E-state index contributed by atoms with van der Waals surface area (Å²) in [5.74, 6) is -2.04. The van der Waals surface area contributed by atoms with Gasteiger partial charge in [0.2, 0.25) is 17.3 Å². The molecule has 0 saturated carbocycles. The molecule has 1 aliphatic rings. The lowest BCUT2D eigenvalue weighted by Gasteiger charge is -1.97. The summed E-state index contributed by atoms with van der Waals surface area (Å²) >= 11 is 0. The predicted octanol–water partition coefficient (Wildman–Crippen LogP) is -0.206. The lowest BCUT2D eigenvalue weighted by atomic mass is 10.2. The smallest absolute Gasteiger partial charge is 0.229 e. The average molecular weight is 166 g/mol. The predicted molar refractivity (Wildman–Crippen MR) is 39.3 cm³/mol. The molecule has 0 amide bonds. The molecule has 0 atom stereocenters. The maximum Gasteiger partial charge on any atom is 0.229 e. The average Bonchev–Trinajstić information content (AvgIpc) is 2.18. The van der Waals surface area contributed by atoms with Gasteiger partial charge in [-0.15, -0.1) is 0 Å². The highest BCUT2D eigenvalue weighted by molar-refractivity contribution is 6.47. The van der Waals surface area contributed by atoms with Crippen molar-refractivity contribution in [3.05, 3.63) is 24.0 Å². The summed E-state index contributed by atoms with van der Waals surface area (Å²) in [7, 11) is 1.26. The van der Waals surface area contributed by atoms with Gasteiger partial charge >= 0.3 is 0 Å². The first-order valence-electron chi connectivity index (χ1n) is 3.21. The van der Waals surface area contributed by atoms with Crippen molar-refractivity contribution in [1.82, 2.24) is 0 Å². The fourth-order valence-electron chi connectivity index (χ4n) is 0.736. The zero-order valence-electron chi connectivity index (χ0n) is 6.37. The van der Waals surface area contributed by atoms with Crippen LogP contribution in [0.25, 0.3) is 0 Å². The first-order chi connectivity index (χ1) is 5.65. The van der Waals surface area contributed by atoms with E-state index in [4.69, 9.17) is 0 Å². The summed E-state index contributed by atoms with van der Waals surface area (Å²) in [6.07, 6.45) is 2.85. The molecule has 0 aromatic heterocycles. The van der Waals surface area contributed by atoms with E-state index >= 15 is 0 Å². The molecule has 62 valence electrons. The minimum Gasteiger partial charge on any atom is -0.493 e. The van der Waals surface area contributed by atoms with E-state index in [-0.39, 0.29) is 5.76 Å². The first-order valence-corrected chi connectivity index (χ1v) is 3.21. The van der Waals surface area contributed by atoms with Gasteiger partial charge in [0.15, 0.2) is 5.76 Å². The van der Waals surface area contributed by atoms with Crippen LogP contribution in [-0.2, 0) is 19.1 Å². The molecule has 0 aliphatic heterocycles. The third-order valence-corrected chi connectivity index (χ3v) is 1.35. The molecule has 4 nitrogen and oxygen atoms in total. The Morgan fingerprint density at radius 2 is 1.58 bits per heavy atom. The van der Waals surface area contributed by atoms with Crippen molar-refractivity contribution in [2.45, 2.75) is 0 Å². The highest BCUT2D eigenvalue weighted by Crippen LogP contribution is 2.03.